The summed E-state index contributed by atoms with van der Waals surface area (Å²) in [7, 11) is -3.07. The second-order valence-electron chi connectivity index (χ2n) is 6.76. The van der Waals surface area contributed by atoms with Crippen molar-refractivity contribution >= 4 is 38.4 Å². The van der Waals surface area contributed by atoms with Crippen molar-refractivity contribution in [2.45, 2.75) is 24.4 Å². The van der Waals surface area contributed by atoms with Gasteiger partial charge in [0.05, 0.1) is 23.6 Å². The number of hydrogen-bond acceptors (Lipinski definition) is 5. The molecule has 27 heavy (non-hydrogen) atoms. The van der Waals surface area contributed by atoms with Gasteiger partial charge in [0, 0.05) is 17.3 Å². The number of amidine groups is 1. The third-order valence-electron chi connectivity index (χ3n) is 4.80. The molecule has 4 rings (SSSR count). The van der Waals surface area contributed by atoms with Gasteiger partial charge in [-0.15, -0.1) is 0 Å². The van der Waals surface area contributed by atoms with Gasteiger partial charge >= 0.3 is 0 Å². The van der Waals surface area contributed by atoms with Gasteiger partial charge in [-0.25, -0.2) is 12.8 Å². The van der Waals surface area contributed by atoms with Gasteiger partial charge in [0.25, 0.3) is 0 Å². The predicted molar refractivity (Wildman–Crippen MR) is 108 cm³/mol. The zero-order valence-electron chi connectivity index (χ0n) is 14.4. The maximum atomic E-state index is 13.9. The largest absolute Gasteiger partial charge is 0.341 e. The molecule has 2 aliphatic heterocycles. The Morgan fingerprint density at radius 3 is 2.63 bits per heavy atom. The molecule has 2 heterocycles. The molecule has 2 aromatic rings. The van der Waals surface area contributed by atoms with E-state index in [9.17, 15) is 12.8 Å². The van der Waals surface area contributed by atoms with Crippen molar-refractivity contribution in [1.29, 1.82) is 0 Å². The molecule has 0 bridgehead atoms. The minimum Gasteiger partial charge on any atom is -0.341 e. The van der Waals surface area contributed by atoms with Gasteiger partial charge in [0.1, 0.15) is 5.82 Å². The molecule has 0 aromatic heterocycles. The van der Waals surface area contributed by atoms with Gasteiger partial charge < -0.3 is 4.90 Å². The van der Waals surface area contributed by atoms with E-state index >= 15 is 0 Å². The topological polar surface area (TPSA) is 49.7 Å². The predicted octanol–water partition coefficient (Wildman–Crippen LogP) is 3.75. The van der Waals surface area contributed by atoms with Crippen molar-refractivity contribution < 1.29 is 12.8 Å². The highest BCUT2D eigenvalue weighted by Crippen LogP contribution is 2.33. The fraction of sp³-hybridized carbons (Fsp3) is 0.316. The number of aliphatic imine (C=N–C) groups is 1. The Kier molecular flexibility index (Phi) is 5.18. The second kappa shape index (κ2) is 7.45. The molecule has 0 saturated carbocycles. The van der Waals surface area contributed by atoms with E-state index in [0.29, 0.717) is 22.9 Å². The van der Waals surface area contributed by atoms with Crippen LogP contribution in [-0.4, -0.2) is 42.1 Å². The number of thioether (sulfide) groups is 1. The van der Waals surface area contributed by atoms with Crippen LogP contribution in [-0.2, 0) is 22.1 Å². The zero-order valence-corrected chi connectivity index (χ0v) is 16.8. The van der Waals surface area contributed by atoms with Crippen LogP contribution in [0.15, 0.2) is 53.5 Å². The fourth-order valence-corrected chi connectivity index (χ4v) is 6.53. The second-order valence-corrected chi connectivity index (χ2v) is 10.3. The summed E-state index contributed by atoms with van der Waals surface area (Å²) >= 11 is 7.41. The van der Waals surface area contributed by atoms with E-state index in [4.69, 9.17) is 11.6 Å². The molecule has 8 heteroatoms. The van der Waals surface area contributed by atoms with Crippen LogP contribution in [0.2, 0.25) is 5.02 Å². The summed E-state index contributed by atoms with van der Waals surface area (Å²) in [5.74, 6) is 0.405. The standard InChI is InChI=1S/C19H18ClFN2O2S2/c20-15-7-5-13(6-8-15)9-23-18-12-27(24,25)11-17(18)22-19(23)26-10-14-3-1-2-4-16(14)21/h1-8,17-18H,9-12H2/t17-,18+/m0/s1. The van der Waals surface area contributed by atoms with E-state index in [1.165, 1.54) is 17.8 Å². The number of fused-ring (bicyclic) bond motifs is 1. The van der Waals surface area contributed by atoms with E-state index in [0.717, 1.165) is 10.7 Å². The molecule has 4 nitrogen and oxygen atoms in total. The lowest BCUT2D eigenvalue weighted by Gasteiger charge is -2.26. The molecule has 0 unspecified atom stereocenters. The van der Waals surface area contributed by atoms with Gasteiger partial charge in [-0.2, -0.15) is 0 Å². The number of hydrogen-bond donors (Lipinski definition) is 0. The fourth-order valence-electron chi connectivity index (χ4n) is 3.44. The molecule has 1 saturated heterocycles. The average molecular weight is 425 g/mol. The number of sulfone groups is 1. The highest BCUT2D eigenvalue weighted by Gasteiger charge is 2.46. The van der Waals surface area contributed by atoms with Gasteiger partial charge in [-0.1, -0.05) is 53.7 Å². The Labute approximate surface area is 167 Å². The lowest BCUT2D eigenvalue weighted by atomic mass is 10.1. The van der Waals surface area contributed by atoms with Gasteiger partial charge in [0.15, 0.2) is 15.0 Å². The summed E-state index contributed by atoms with van der Waals surface area (Å²) in [6, 6.07) is 13.8. The third-order valence-corrected chi connectivity index (χ3v) is 7.80. The summed E-state index contributed by atoms with van der Waals surface area (Å²) in [6.45, 7) is 0.553. The van der Waals surface area contributed by atoms with Crippen molar-refractivity contribution in [1.82, 2.24) is 4.90 Å². The first-order chi connectivity index (χ1) is 12.9. The van der Waals surface area contributed by atoms with E-state index in [2.05, 4.69) is 4.99 Å². The quantitative estimate of drug-likeness (QED) is 0.750. The minimum atomic E-state index is -3.07. The van der Waals surface area contributed by atoms with Crippen molar-refractivity contribution in [3.63, 3.8) is 0 Å². The molecule has 142 valence electrons. The maximum absolute atomic E-state index is 13.9. The van der Waals surface area contributed by atoms with Crippen LogP contribution < -0.4 is 0 Å². The van der Waals surface area contributed by atoms with Crippen LogP contribution in [0.3, 0.4) is 0 Å². The first-order valence-corrected chi connectivity index (χ1v) is 11.8. The van der Waals surface area contributed by atoms with Crippen LogP contribution in [0.4, 0.5) is 4.39 Å². The molecule has 2 aromatic carbocycles. The van der Waals surface area contributed by atoms with Crippen LogP contribution >= 0.6 is 23.4 Å². The Bertz CT molecular complexity index is 979. The van der Waals surface area contributed by atoms with Crippen LogP contribution in [0.5, 0.6) is 0 Å². The Balaban J connectivity index is 1.55. The molecule has 0 N–H and O–H groups in total. The molecule has 0 amide bonds. The lowest BCUT2D eigenvalue weighted by molar-refractivity contribution is 0.343. The molecular weight excluding hydrogens is 407 g/mol. The molecule has 2 aliphatic rings. The number of benzene rings is 2. The number of nitrogens with zero attached hydrogens (tertiary/aromatic N) is 2. The smallest absolute Gasteiger partial charge is 0.160 e. The summed E-state index contributed by atoms with van der Waals surface area (Å²) < 4.78 is 38.0. The van der Waals surface area contributed by atoms with Crippen LogP contribution in [0.25, 0.3) is 0 Å². The Hall–Kier alpha value is -1.57. The monoisotopic (exact) mass is 424 g/mol. The maximum Gasteiger partial charge on any atom is 0.160 e. The van der Waals surface area contributed by atoms with Crippen molar-refractivity contribution in [3.8, 4) is 0 Å². The summed E-state index contributed by atoms with van der Waals surface area (Å²) in [5, 5.41) is 1.43. The first kappa shape index (κ1) is 18.8. The van der Waals surface area contributed by atoms with Gasteiger partial charge in [-0.05, 0) is 29.3 Å². The summed E-state index contributed by atoms with van der Waals surface area (Å²) in [6.07, 6.45) is 0. The van der Waals surface area contributed by atoms with Crippen LogP contribution in [0, 0.1) is 5.82 Å². The first-order valence-electron chi connectivity index (χ1n) is 8.57. The molecule has 1 fully saturated rings. The van der Waals surface area contributed by atoms with E-state index in [-0.39, 0.29) is 29.4 Å². The highest BCUT2D eigenvalue weighted by molar-refractivity contribution is 8.13. The van der Waals surface area contributed by atoms with Crippen molar-refractivity contribution in [2.24, 2.45) is 4.99 Å². The SMILES string of the molecule is O=S1(=O)C[C@@H]2N=C(SCc3ccccc3F)N(Cc3ccc(Cl)cc3)[C@@H]2C1. The van der Waals surface area contributed by atoms with E-state index < -0.39 is 9.84 Å². The van der Waals surface area contributed by atoms with Crippen LogP contribution in [0.1, 0.15) is 11.1 Å². The average Bonchev–Trinajstić information content (AvgIpc) is 3.08. The normalized spacial score (nSPS) is 23.3. The zero-order chi connectivity index (χ0) is 19.0. The summed E-state index contributed by atoms with van der Waals surface area (Å²) in [4.78, 5) is 6.71. The Morgan fingerprint density at radius 1 is 1.15 bits per heavy atom. The lowest BCUT2D eigenvalue weighted by Crippen LogP contribution is -2.38. The molecule has 0 radical (unpaired) electrons. The van der Waals surface area contributed by atoms with Crippen molar-refractivity contribution in [3.05, 3.63) is 70.5 Å². The van der Waals surface area contributed by atoms with Gasteiger partial charge in [-0.3, -0.25) is 4.99 Å². The van der Waals surface area contributed by atoms with E-state index in [1.807, 2.05) is 35.2 Å². The number of rotatable bonds is 4. The minimum absolute atomic E-state index is 0.0819. The molecule has 2 atom stereocenters. The Morgan fingerprint density at radius 2 is 1.89 bits per heavy atom. The summed E-state index contributed by atoms with van der Waals surface area (Å²) in [5.41, 5.74) is 1.64. The van der Waals surface area contributed by atoms with Crippen molar-refractivity contribution in [2.75, 3.05) is 11.5 Å². The molecule has 0 spiro atoms. The van der Waals surface area contributed by atoms with Gasteiger partial charge in [0.2, 0.25) is 0 Å². The van der Waals surface area contributed by atoms with E-state index in [1.54, 1.807) is 12.1 Å². The number of halogens is 2. The molecular formula is C19H18ClFN2O2S2. The molecule has 0 aliphatic carbocycles. The third kappa shape index (κ3) is 4.15. The highest BCUT2D eigenvalue weighted by atomic mass is 35.5.